The highest BCUT2D eigenvalue weighted by Gasteiger charge is 2.16. The van der Waals surface area contributed by atoms with Crippen LogP contribution in [0.3, 0.4) is 0 Å². The number of hydrogen-bond acceptors (Lipinski definition) is 5. The molecule has 18 heavy (non-hydrogen) atoms. The molecule has 0 aromatic carbocycles. The summed E-state index contributed by atoms with van der Waals surface area (Å²) >= 11 is 1.68. The Bertz CT molecular complexity index is 434. The van der Waals surface area contributed by atoms with Crippen LogP contribution in [0.5, 0.6) is 0 Å². The fourth-order valence-corrected chi connectivity index (χ4v) is 2.87. The van der Waals surface area contributed by atoms with E-state index in [0.717, 1.165) is 47.6 Å². The van der Waals surface area contributed by atoms with E-state index in [1.165, 1.54) is 0 Å². The van der Waals surface area contributed by atoms with E-state index >= 15 is 0 Å². The van der Waals surface area contributed by atoms with E-state index in [4.69, 9.17) is 4.74 Å². The first-order chi connectivity index (χ1) is 8.58. The van der Waals surface area contributed by atoms with Crippen molar-refractivity contribution in [3.05, 3.63) is 16.1 Å². The van der Waals surface area contributed by atoms with Gasteiger partial charge in [0.2, 0.25) is 0 Å². The van der Waals surface area contributed by atoms with Gasteiger partial charge in [-0.15, -0.1) is 0 Å². The molecular formula is C13H20N2O2S. The van der Waals surface area contributed by atoms with Gasteiger partial charge < -0.3 is 14.7 Å². The van der Waals surface area contributed by atoms with E-state index in [-0.39, 0.29) is 0 Å². The molecule has 1 unspecified atom stereocenters. The summed E-state index contributed by atoms with van der Waals surface area (Å²) in [5.74, 6) is 0. The highest BCUT2D eigenvalue weighted by Crippen LogP contribution is 2.28. The average molecular weight is 268 g/mol. The summed E-state index contributed by atoms with van der Waals surface area (Å²) in [6.45, 7) is 9.11. The number of aromatic nitrogens is 1. The molecule has 1 fully saturated rings. The van der Waals surface area contributed by atoms with Crippen LogP contribution in [0, 0.1) is 6.92 Å². The van der Waals surface area contributed by atoms with E-state index in [1.54, 1.807) is 18.3 Å². The molecule has 100 valence electrons. The molecule has 1 atom stereocenters. The molecule has 1 saturated heterocycles. The molecule has 0 aliphatic carbocycles. The van der Waals surface area contributed by atoms with Crippen molar-refractivity contribution in [2.24, 2.45) is 0 Å². The number of anilines is 1. The third-order valence-electron chi connectivity index (χ3n) is 3.12. The fourth-order valence-electron chi connectivity index (χ4n) is 1.74. The normalized spacial score (nSPS) is 19.1. The Morgan fingerprint density at radius 2 is 2.17 bits per heavy atom. The summed E-state index contributed by atoms with van der Waals surface area (Å²) in [5, 5.41) is 10.6. The Morgan fingerprint density at radius 1 is 1.50 bits per heavy atom. The van der Waals surface area contributed by atoms with Crippen molar-refractivity contribution >= 4 is 22.5 Å². The minimum atomic E-state index is -0.404. The Morgan fingerprint density at radius 3 is 2.78 bits per heavy atom. The maximum absolute atomic E-state index is 9.52. The molecule has 1 aromatic heterocycles. The van der Waals surface area contributed by atoms with E-state index in [0.29, 0.717) is 0 Å². The first-order valence-corrected chi connectivity index (χ1v) is 7.06. The SMILES string of the molecule is CC(=Cc1sc(N2CCOCC2)nc1C)C(C)O. The number of hydrogen-bond donors (Lipinski definition) is 1. The van der Waals surface area contributed by atoms with Crippen molar-refractivity contribution in [1.82, 2.24) is 4.98 Å². The Kier molecular flexibility index (Phi) is 4.37. The summed E-state index contributed by atoms with van der Waals surface area (Å²) in [7, 11) is 0. The average Bonchev–Trinajstić information content (AvgIpc) is 2.72. The van der Waals surface area contributed by atoms with Gasteiger partial charge in [0.15, 0.2) is 5.13 Å². The van der Waals surface area contributed by atoms with Crippen molar-refractivity contribution in [3.63, 3.8) is 0 Å². The number of aryl methyl sites for hydroxylation is 1. The van der Waals surface area contributed by atoms with Crippen molar-refractivity contribution in [2.75, 3.05) is 31.2 Å². The van der Waals surface area contributed by atoms with E-state index in [1.807, 2.05) is 19.9 Å². The van der Waals surface area contributed by atoms with Gasteiger partial charge >= 0.3 is 0 Å². The third kappa shape index (κ3) is 3.10. The molecule has 1 N–H and O–H groups in total. The minimum Gasteiger partial charge on any atom is -0.389 e. The van der Waals surface area contributed by atoms with Crippen molar-refractivity contribution in [1.29, 1.82) is 0 Å². The fraction of sp³-hybridized carbons (Fsp3) is 0.615. The number of aliphatic hydroxyl groups is 1. The maximum atomic E-state index is 9.52. The lowest BCUT2D eigenvalue weighted by molar-refractivity contribution is 0.122. The number of rotatable bonds is 3. The monoisotopic (exact) mass is 268 g/mol. The summed E-state index contributed by atoms with van der Waals surface area (Å²) in [4.78, 5) is 8.00. The van der Waals surface area contributed by atoms with Gasteiger partial charge in [-0.05, 0) is 32.4 Å². The molecule has 1 aliphatic rings. The van der Waals surface area contributed by atoms with Crippen molar-refractivity contribution in [2.45, 2.75) is 26.9 Å². The van der Waals surface area contributed by atoms with Crippen LogP contribution in [0.4, 0.5) is 5.13 Å². The first-order valence-electron chi connectivity index (χ1n) is 6.24. The number of thiazole rings is 1. The summed E-state index contributed by atoms with van der Waals surface area (Å²) in [6, 6.07) is 0. The minimum absolute atomic E-state index is 0.404. The zero-order valence-corrected chi connectivity index (χ0v) is 12.0. The van der Waals surface area contributed by atoms with Gasteiger partial charge in [-0.3, -0.25) is 0 Å². The maximum Gasteiger partial charge on any atom is 0.186 e. The molecule has 1 aromatic rings. The van der Waals surface area contributed by atoms with Crippen LogP contribution in [0.25, 0.3) is 6.08 Å². The highest BCUT2D eigenvalue weighted by molar-refractivity contribution is 7.16. The summed E-state index contributed by atoms with van der Waals surface area (Å²) < 4.78 is 5.34. The van der Waals surface area contributed by atoms with Crippen LogP contribution in [0.1, 0.15) is 24.4 Å². The van der Waals surface area contributed by atoms with Gasteiger partial charge in [0, 0.05) is 13.1 Å². The number of morpholine rings is 1. The van der Waals surface area contributed by atoms with Crippen LogP contribution in [-0.2, 0) is 4.74 Å². The second-order valence-electron chi connectivity index (χ2n) is 4.61. The second kappa shape index (κ2) is 5.82. The van der Waals surface area contributed by atoms with Crippen molar-refractivity contribution in [3.8, 4) is 0 Å². The van der Waals surface area contributed by atoms with E-state index in [9.17, 15) is 5.11 Å². The van der Waals surface area contributed by atoms with Crippen LogP contribution in [0.2, 0.25) is 0 Å². The number of nitrogens with zero attached hydrogens (tertiary/aromatic N) is 2. The lowest BCUT2D eigenvalue weighted by atomic mass is 10.1. The lowest BCUT2D eigenvalue weighted by Gasteiger charge is -2.26. The van der Waals surface area contributed by atoms with Gasteiger partial charge in [-0.25, -0.2) is 4.98 Å². The molecule has 0 radical (unpaired) electrons. The largest absolute Gasteiger partial charge is 0.389 e. The summed E-state index contributed by atoms with van der Waals surface area (Å²) in [5.41, 5.74) is 2.00. The number of ether oxygens (including phenoxy) is 1. The topological polar surface area (TPSA) is 45.6 Å². The van der Waals surface area contributed by atoms with Gasteiger partial charge in [0.05, 0.1) is 29.9 Å². The van der Waals surface area contributed by atoms with Crippen LogP contribution >= 0.6 is 11.3 Å². The summed E-state index contributed by atoms with van der Waals surface area (Å²) in [6.07, 6.45) is 1.63. The second-order valence-corrected chi connectivity index (χ2v) is 5.62. The molecule has 4 nitrogen and oxygen atoms in total. The quantitative estimate of drug-likeness (QED) is 0.911. The molecule has 0 saturated carbocycles. The smallest absolute Gasteiger partial charge is 0.186 e. The molecule has 5 heteroatoms. The van der Waals surface area contributed by atoms with Gasteiger partial charge in [-0.2, -0.15) is 0 Å². The molecule has 0 bridgehead atoms. The van der Waals surface area contributed by atoms with E-state index in [2.05, 4.69) is 9.88 Å². The molecule has 0 spiro atoms. The highest BCUT2D eigenvalue weighted by atomic mass is 32.1. The third-order valence-corrected chi connectivity index (χ3v) is 4.29. The molecule has 0 amide bonds. The van der Waals surface area contributed by atoms with Gasteiger partial charge in [-0.1, -0.05) is 11.3 Å². The molecule has 2 rings (SSSR count). The Labute approximate surface area is 112 Å². The van der Waals surface area contributed by atoms with Gasteiger partial charge in [0.25, 0.3) is 0 Å². The van der Waals surface area contributed by atoms with Crippen molar-refractivity contribution < 1.29 is 9.84 Å². The first kappa shape index (κ1) is 13.5. The zero-order valence-electron chi connectivity index (χ0n) is 11.1. The Hall–Kier alpha value is -0.910. The standard InChI is InChI=1S/C13H20N2O2S/c1-9(11(3)16)8-12-10(2)14-13(18-12)15-4-6-17-7-5-15/h8,11,16H,4-7H2,1-3H3. The Balaban J connectivity index is 2.18. The van der Waals surface area contributed by atoms with Crippen LogP contribution in [0.15, 0.2) is 5.57 Å². The van der Waals surface area contributed by atoms with Crippen LogP contribution in [-0.4, -0.2) is 42.5 Å². The molecule has 2 heterocycles. The van der Waals surface area contributed by atoms with Gasteiger partial charge in [0.1, 0.15) is 0 Å². The van der Waals surface area contributed by atoms with E-state index < -0.39 is 6.10 Å². The van der Waals surface area contributed by atoms with Crippen LogP contribution < -0.4 is 4.90 Å². The number of aliphatic hydroxyl groups excluding tert-OH is 1. The predicted octanol–water partition coefficient (Wildman–Crippen LogP) is 2.07. The lowest BCUT2D eigenvalue weighted by Crippen LogP contribution is -2.36. The molecule has 1 aliphatic heterocycles. The zero-order chi connectivity index (χ0) is 13.1. The predicted molar refractivity (Wildman–Crippen MR) is 75.2 cm³/mol. The molecular weight excluding hydrogens is 248 g/mol.